The van der Waals surface area contributed by atoms with Crippen molar-refractivity contribution in [2.45, 2.75) is 32.2 Å². The molecule has 2 aromatic rings. The largest absolute Gasteiger partial charge is 0.497 e. The highest BCUT2D eigenvalue weighted by molar-refractivity contribution is 6.33. The highest BCUT2D eigenvalue weighted by Gasteiger charge is 2.20. The van der Waals surface area contributed by atoms with Crippen molar-refractivity contribution >= 4 is 17.5 Å². The minimum absolute atomic E-state index is 0.0455. The third kappa shape index (κ3) is 4.31. The number of benzene rings is 1. The quantitative estimate of drug-likeness (QED) is 0.791. The van der Waals surface area contributed by atoms with Crippen molar-refractivity contribution < 1.29 is 9.53 Å². The van der Waals surface area contributed by atoms with Gasteiger partial charge in [0.05, 0.1) is 18.3 Å². The second-order valence-electron chi connectivity index (χ2n) is 6.57. The smallest absolute Gasteiger partial charge is 0.244 e. The van der Waals surface area contributed by atoms with Crippen LogP contribution in [-0.4, -0.2) is 46.5 Å². The second-order valence-corrected chi connectivity index (χ2v) is 6.98. The minimum Gasteiger partial charge on any atom is -0.497 e. The topological polar surface area (TPSA) is 60.2 Å². The summed E-state index contributed by atoms with van der Waals surface area (Å²) in [5, 5.41) is 8.73. The summed E-state index contributed by atoms with van der Waals surface area (Å²) < 4.78 is 6.71. The summed E-state index contributed by atoms with van der Waals surface area (Å²) in [6.45, 7) is 1.01. The van der Waals surface area contributed by atoms with E-state index in [1.54, 1.807) is 29.0 Å². The lowest BCUT2D eigenvalue weighted by Gasteiger charge is -2.20. The van der Waals surface area contributed by atoms with E-state index in [0.717, 1.165) is 12.1 Å². The average molecular weight is 363 g/mol. The van der Waals surface area contributed by atoms with Gasteiger partial charge in [0.2, 0.25) is 5.91 Å². The van der Waals surface area contributed by atoms with Crippen LogP contribution in [0, 0.1) is 5.92 Å². The fourth-order valence-corrected chi connectivity index (χ4v) is 3.54. The first-order valence-corrected chi connectivity index (χ1v) is 8.92. The van der Waals surface area contributed by atoms with E-state index < -0.39 is 0 Å². The van der Waals surface area contributed by atoms with Gasteiger partial charge in [-0.1, -0.05) is 29.7 Å². The fourth-order valence-electron chi connectivity index (χ4n) is 3.27. The van der Waals surface area contributed by atoms with Gasteiger partial charge in [-0.3, -0.25) is 4.79 Å². The van der Waals surface area contributed by atoms with Crippen molar-refractivity contribution in [3.05, 3.63) is 29.4 Å². The molecule has 0 saturated heterocycles. The van der Waals surface area contributed by atoms with Crippen LogP contribution in [0.15, 0.2) is 24.4 Å². The molecule has 1 aromatic heterocycles. The lowest BCUT2D eigenvalue weighted by molar-refractivity contribution is -0.131. The van der Waals surface area contributed by atoms with Gasteiger partial charge in [-0.25, -0.2) is 4.68 Å². The first-order chi connectivity index (χ1) is 12.1. The highest BCUT2D eigenvalue weighted by atomic mass is 35.5. The van der Waals surface area contributed by atoms with Gasteiger partial charge in [-0.15, -0.1) is 5.10 Å². The molecule has 0 bridgehead atoms. The number of nitrogens with zero attached hydrogens (tertiary/aromatic N) is 4. The Morgan fingerprint density at radius 1 is 1.40 bits per heavy atom. The van der Waals surface area contributed by atoms with Crippen LogP contribution < -0.4 is 4.74 Å². The predicted octanol–water partition coefficient (Wildman–Crippen LogP) is 3.26. The van der Waals surface area contributed by atoms with Crippen LogP contribution in [-0.2, 0) is 11.3 Å². The van der Waals surface area contributed by atoms with Crippen molar-refractivity contribution in [1.29, 1.82) is 0 Å². The highest BCUT2D eigenvalue weighted by Crippen LogP contribution is 2.29. The molecule has 3 rings (SSSR count). The molecule has 0 spiro atoms. The average Bonchev–Trinajstić information content (AvgIpc) is 3.26. The summed E-state index contributed by atoms with van der Waals surface area (Å²) in [7, 11) is 3.45. The number of carbonyl (C=O) groups excluding carboxylic acids is 1. The summed E-state index contributed by atoms with van der Waals surface area (Å²) in [6.07, 6.45) is 6.75. The number of likely N-dealkylation sites (N-methyl/N-ethyl adjacent to an activating group) is 1. The van der Waals surface area contributed by atoms with Gasteiger partial charge < -0.3 is 9.64 Å². The third-order valence-electron chi connectivity index (χ3n) is 4.72. The van der Waals surface area contributed by atoms with E-state index in [1.165, 1.54) is 25.7 Å². The first-order valence-electron chi connectivity index (χ1n) is 8.55. The Morgan fingerprint density at radius 2 is 2.16 bits per heavy atom. The Morgan fingerprint density at radius 3 is 2.84 bits per heavy atom. The zero-order chi connectivity index (χ0) is 17.8. The van der Waals surface area contributed by atoms with E-state index in [1.807, 2.05) is 19.2 Å². The molecule has 1 aliphatic carbocycles. The van der Waals surface area contributed by atoms with E-state index in [2.05, 4.69) is 10.3 Å². The Kier molecular flexibility index (Phi) is 5.58. The lowest BCUT2D eigenvalue weighted by atomic mass is 10.1. The maximum atomic E-state index is 12.4. The molecule has 0 N–H and O–H groups in total. The van der Waals surface area contributed by atoms with Gasteiger partial charge in [0.25, 0.3) is 0 Å². The van der Waals surface area contributed by atoms with E-state index in [0.29, 0.717) is 22.4 Å². The number of amides is 1. The first kappa shape index (κ1) is 17.7. The summed E-state index contributed by atoms with van der Waals surface area (Å²) in [6, 6.07) is 5.39. The fraction of sp³-hybridized carbons (Fsp3) is 0.500. The molecule has 1 fully saturated rings. The van der Waals surface area contributed by atoms with Gasteiger partial charge in [0, 0.05) is 19.2 Å². The predicted molar refractivity (Wildman–Crippen MR) is 96.6 cm³/mol. The number of hydrogen-bond donors (Lipinski definition) is 0. The summed E-state index contributed by atoms with van der Waals surface area (Å²) in [5.74, 6) is 1.37. The molecule has 1 saturated carbocycles. The van der Waals surface area contributed by atoms with Crippen LogP contribution in [0.2, 0.25) is 5.02 Å². The molecular formula is C18H23ClN4O2. The van der Waals surface area contributed by atoms with Crippen LogP contribution in [0.25, 0.3) is 11.3 Å². The van der Waals surface area contributed by atoms with Crippen molar-refractivity contribution in [2.75, 3.05) is 20.7 Å². The van der Waals surface area contributed by atoms with Crippen LogP contribution in [0.5, 0.6) is 5.75 Å². The van der Waals surface area contributed by atoms with Crippen LogP contribution in [0.1, 0.15) is 25.7 Å². The molecule has 0 radical (unpaired) electrons. The van der Waals surface area contributed by atoms with Crippen LogP contribution >= 0.6 is 11.6 Å². The Labute approximate surface area is 152 Å². The molecule has 1 aromatic carbocycles. The molecule has 134 valence electrons. The number of methoxy groups -OCH3 is 1. The molecule has 1 heterocycles. The van der Waals surface area contributed by atoms with Crippen molar-refractivity contribution in [3.63, 3.8) is 0 Å². The number of carbonyl (C=O) groups is 1. The van der Waals surface area contributed by atoms with Crippen LogP contribution in [0.3, 0.4) is 0 Å². The van der Waals surface area contributed by atoms with E-state index in [9.17, 15) is 4.79 Å². The number of rotatable bonds is 6. The maximum Gasteiger partial charge on any atom is 0.244 e. The molecule has 0 atom stereocenters. The van der Waals surface area contributed by atoms with Gasteiger partial charge in [0.15, 0.2) is 0 Å². The molecule has 1 amide bonds. The molecular weight excluding hydrogens is 340 g/mol. The van der Waals surface area contributed by atoms with Gasteiger partial charge in [-0.05, 0) is 37.0 Å². The minimum atomic E-state index is 0.0455. The molecule has 7 heteroatoms. The number of hydrogen-bond acceptors (Lipinski definition) is 4. The van der Waals surface area contributed by atoms with E-state index in [4.69, 9.17) is 16.3 Å². The summed E-state index contributed by atoms with van der Waals surface area (Å²) >= 11 is 6.27. The van der Waals surface area contributed by atoms with Crippen molar-refractivity contribution in [2.24, 2.45) is 5.92 Å². The van der Waals surface area contributed by atoms with Gasteiger partial charge in [0.1, 0.15) is 18.0 Å². The number of halogens is 1. The normalized spacial score (nSPS) is 14.7. The molecule has 6 nitrogen and oxygen atoms in total. The maximum absolute atomic E-state index is 12.4. The Balaban J connectivity index is 1.64. The van der Waals surface area contributed by atoms with Gasteiger partial charge >= 0.3 is 0 Å². The number of ether oxygens (including phenoxy) is 1. The lowest BCUT2D eigenvalue weighted by Crippen LogP contribution is -2.33. The zero-order valence-electron chi connectivity index (χ0n) is 14.6. The monoisotopic (exact) mass is 362 g/mol. The van der Waals surface area contributed by atoms with Gasteiger partial charge in [-0.2, -0.15) is 0 Å². The van der Waals surface area contributed by atoms with Crippen molar-refractivity contribution in [3.8, 4) is 17.0 Å². The Bertz CT molecular complexity index is 740. The van der Waals surface area contributed by atoms with Crippen LogP contribution in [0.4, 0.5) is 0 Å². The third-order valence-corrected chi connectivity index (χ3v) is 5.03. The number of aromatic nitrogens is 3. The Hall–Kier alpha value is -2.08. The molecule has 25 heavy (non-hydrogen) atoms. The zero-order valence-corrected chi connectivity index (χ0v) is 15.4. The summed E-state index contributed by atoms with van der Waals surface area (Å²) in [4.78, 5) is 14.2. The molecule has 1 aliphatic rings. The van der Waals surface area contributed by atoms with E-state index >= 15 is 0 Å². The van der Waals surface area contributed by atoms with Crippen molar-refractivity contribution in [1.82, 2.24) is 19.9 Å². The summed E-state index contributed by atoms with van der Waals surface area (Å²) in [5.41, 5.74) is 1.40. The van der Waals surface area contributed by atoms with E-state index in [-0.39, 0.29) is 12.5 Å². The molecule has 0 aliphatic heterocycles. The SMILES string of the molecule is COc1ccc(-c2cn(CC(=O)N(C)CC3CCCC3)nn2)c(Cl)c1. The standard InChI is InChI=1S/C18H23ClN4O2/c1-22(10-13-5-3-4-6-13)18(24)12-23-11-17(20-21-23)15-8-7-14(25-2)9-16(15)19/h7-9,11,13H,3-6,10,12H2,1-2H3. The molecule has 0 unspecified atom stereocenters. The second kappa shape index (κ2) is 7.87.